The minimum absolute atomic E-state index is 0.0537. The van der Waals surface area contributed by atoms with Crippen molar-refractivity contribution in [2.24, 2.45) is 0 Å². The summed E-state index contributed by atoms with van der Waals surface area (Å²) in [5, 5.41) is 0. The van der Waals surface area contributed by atoms with Gasteiger partial charge in [-0.05, 0) is 61.4 Å². The molecule has 0 spiro atoms. The van der Waals surface area contributed by atoms with Crippen molar-refractivity contribution in [3.63, 3.8) is 0 Å². The monoisotopic (exact) mass is 454 g/mol. The lowest BCUT2D eigenvalue weighted by atomic mass is 10.1. The Morgan fingerprint density at radius 2 is 1.81 bits per heavy atom. The molecule has 32 heavy (non-hydrogen) atoms. The zero-order valence-electron chi connectivity index (χ0n) is 17.8. The number of nitrogens with zero attached hydrogens (tertiary/aromatic N) is 2. The van der Waals surface area contributed by atoms with Crippen LogP contribution in [0.5, 0.6) is 0 Å². The maximum Gasteiger partial charge on any atom is 0.310 e. The molecule has 0 aliphatic rings. The Kier molecular flexibility index (Phi) is 5.88. The number of pyridine rings is 1. The van der Waals surface area contributed by atoms with Crippen LogP contribution in [0.2, 0.25) is 0 Å². The predicted octanol–water partition coefficient (Wildman–Crippen LogP) is 4.12. The lowest BCUT2D eigenvalue weighted by Crippen LogP contribution is -2.15. The second kappa shape index (κ2) is 8.63. The first-order chi connectivity index (χ1) is 15.3. The van der Waals surface area contributed by atoms with Gasteiger partial charge in [0, 0.05) is 35.7 Å². The molecule has 0 fully saturated rings. The molecular weight excluding hydrogens is 431 g/mol. The highest BCUT2D eigenvalue weighted by Crippen LogP contribution is 2.28. The van der Waals surface area contributed by atoms with Crippen LogP contribution in [0.25, 0.3) is 5.52 Å². The van der Waals surface area contributed by atoms with Gasteiger partial charge in [-0.3, -0.25) is 4.79 Å². The summed E-state index contributed by atoms with van der Waals surface area (Å²) in [6, 6.07) is 14.6. The van der Waals surface area contributed by atoms with Crippen LogP contribution in [0.15, 0.2) is 71.9 Å². The third-order valence-electron chi connectivity index (χ3n) is 5.47. The van der Waals surface area contributed by atoms with E-state index in [1.807, 2.05) is 6.92 Å². The second-order valence-corrected chi connectivity index (χ2v) is 9.24. The van der Waals surface area contributed by atoms with E-state index in [9.17, 15) is 17.6 Å². The minimum Gasteiger partial charge on any atom is -0.466 e. The van der Waals surface area contributed by atoms with Gasteiger partial charge in [0.25, 0.3) is 10.0 Å². The smallest absolute Gasteiger partial charge is 0.310 e. The molecule has 3 aromatic heterocycles. The van der Waals surface area contributed by atoms with Crippen LogP contribution < -0.4 is 0 Å². The Labute approximate surface area is 185 Å². The first-order valence-corrected chi connectivity index (χ1v) is 11.7. The van der Waals surface area contributed by atoms with Crippen molar-refractivity contribution in [1.82, 2.24) is 8.37 Å². The number of esters is 1. The van der Waals surface area contributed by atoms with Gasteiger partial charge >= 0.3 is 5.97 Å². The number of rotatable bonds is 7. The molecule has 0 saturated carbocycles. The van der Waals surface area contributed by atoms with Crippen molar-refractivity contribution < 1.29 is 22.3 Å². The van der Waals surface area contributed by atoms with E-state index in [0.717, 1.165) is 11.1 Å². The number of carbonyl (C=O) groups is 1. The summed E-state index contributed by atoms with van der Waals surface area (Å²) in [6.45, 7) is 3.87. The molecule has 1 aromatic carbocycles. The summed E-state index contributed by atoms with van der Waals surface area (Å²) in [7, 11) is -3.78. The molecule has 0 radical (unpaired) electrons. The maximum atomic E-state index is 14.1. The minimum atomic E-state index is -3.78. The van der Waals surface area contributed by atoms with Gasteiger partial charge in [0.2, 0.25) is 0 Å². The lowest BCUT2D eigenvalue weighted by Gasteiger charge is -2.11. The molecule has 0 saturated heterocycles. The number of halogens is 1. The lowest BCUT2D eigenvalue weighted by molar-refractivity contribution is -0.142. The highest BCUT2D eigenvalue weighted by molar-refractivity contribution is 7.90. The van der Waals surface area contributed by atoms with E-state index < -0.39 is 15.8 Å². The van der Waals surface area contributed by atoms with Gasteiger partial charge in [0.15, 0.2) is 0 Å². The molecule has 0 amide bonds. The van der Waals surface area contributed by atoms with E-state index >= 15 is 0 Å². The van der Waals surface area contributed by atoms with Crippen LogP contribution in [0.3, 0.4) is 0 Å². The van der Waals surface area contributed by atoms with Crippen LogP contribution in [-0.4, -0.2) is 29.4 Å². The van der Waals surface area contributed by atoms with Crippen LogP contribution in [0.4, 0.5) is 4.39 Å². The van der Waals surface area contributed by atoms with Crippen molar-refractivity contribution in [3.05, 3.63) is 95.3 Å². The average molecular weight is 455 g/mol. The maximum absolute atomic E-state index is 14.1. The normalized spacial score (nSPS) is 11.7. The molecule has 6 nitrogen and oxygen atoms in total. The zero-order chi connectivity index (χ0) is 22.9. The van der Waals surface area contributed by atoms with E-state index in [1.165, 1.54) is 22.4 Å². The number of fused-ring (bicyclic) bond motifs is 1. The summed E-state index contributed by atoms with van der Waals surface area (Å²) in [4.78, 5) is 12.3. The highest BCUT2D eigenvalue weighted by atomic mass is 32.2. The van der Waals surface area contributed by atoms with Gasteiger partial charge in [-0.15, -0.1) is 0 Å². The number of aromatic nitrogens is 2. The summed E-state index contributed by atoms with van der Waals surface area (Å²) in [5.74, 6) is -0.794. The number of carbonyl (C=O) groups excluding carboxylic acids is 1. The summed E-state index contributed by atoms with van der Waals surface area (Å²) >= 11 is 0. The molecule has 0 aliphatic heterocycles. The van der Waals surface area contributed by atoms with Gasteiger partial charge < -0.3 is 9.14 Å². The molecular formula is C24H23FN2O4S. The van der Waals surface area contributed by atoms with Gasteiger partial charge in [-0.25, -0.2) is 16.8 Å². The standard InChI is InChI=1S/C24H23FN2O4S/c1-3-31-24(28)15-21-17(2)23(26-16-18(25)11-12-22(21)26)14-19-8-7-13-27(19)32(29,30)20-9-5-4-6-10-20/h4-13,16H,3,14-15H2,1-2H3. The van der Waals surface area contributed by atoms with Crippen LogP contribution in [-0.2, 0) is 32.4 Å². The Balaban J connectivity index is 1.80. The highest BCUT2D eigenvalue weighted by Gasteiger charge is 2.23. The van der Waals surface area contributed by atoms with E-state index in [0.29, 0.717) is 16.9 Å². The zero-order valence-corrected chi connectivity index (χ0v) is 18.6. The Morgan fingerprint density at radius 1 is 1.06 bits per heavy atom. The van der Waals surface area contributed by atoms with E-state index in [4.69, 9.17) is 4.74 Å². The number of ether oxygens (including phenoxy) is 1. The Hall–Kier alpha value is -3.39. The first-order valence-electron chi connectivity index (χ1n) is 10.2. The average Bonchev–Trinajstić information content (AvgIpc) is 3.34. The number of hydrogen-bond acceptors (Lipinski definition) is 4. The third-order valence-corrected chi connectivity index (χ3v) is 7.21. The fourth-order valence-electron chi connectivity index (χ4n) is 3.94. The number of benzene rings is 1. The summed E-state index contributed by atoms with van der Waals surface area (Å²) in [6.07, 6.45) is 3.14. The van der Waals surface area contributed by atoms with Gasteiger partial charge in [0.1, 0.15) is 5.82 Å². The molecule has 4 aromatic rings. The van der Waals surface area contributed by atoms with Gasteiger partial charge in [-0.2, -0.15) is 0 Å². The molecule has 3 heterocycles. The predicted molar refractivity (Wildman–Crippen MR) is 119 cm³/mol. The topological polar surface area (TPSA) is 69.8 Å². The van der Waals surface area contributed by atoms with Crippen molar-refractivity contribution in [2.45, 2.75) is 31.6 Å². The molecule has 8 heteroatoms. The van der Waals surface area contributed by atoms with Crippen molar-refractivity contribution >= 4 is 21.5 Å². The van der Waals surface area contributed by atoms with Crippen LogP contribution in [0.1, 0.15) is 29.4 Å². The molecule has 4 rings (SSSR count). The third kappa shape index (κ3) is 3.93. The van der Waals surface area contributed by atoms with Crippen molar-refractivity contribution in [1.29, 1.82) is 0 Å². The van der Waals surface area contributed by atoms with E-state index in [-0.39, 0.29) is 30.3 Å². The van der Waals surface area contributed by atoms with Gasteiger partial charge in [-0.1, -0.05) is 18.2 Å². The van der Waals surface area contributed by atoms with E-state index in [1.54, 1.807) is 59.9 Å². The first kappa shape index (κ1) is 21.8. The Morgan fingerprint density at radius 3 is 2.53 bits per heavy atom. The molecule has 0 atom stereocenters. The SMILES string of the molecule is CCOC(=O)Cc1c(C)c(Cc2cccn2S(=O)(=O)c2ccccc2)n2cc(F)ccc12. The second-order valence-electron chi connectivity index (χ2n) is 7.42. The van der Waals surface area contributed by atoms with Crippen molar-refractivity contribution in [3.8, 4) is 0 Å². The molecule has 0 N–H and O–H groups in total. The van der Waals surface area contributed by atoms with Gasteiger partial charge in [0.05, 0.1) is 17.9 Å². The quantitative estimate of drug-likeness (QED) is 0.394. The summed E-state index contributed by atoms with van der Waals surface area (Å²) < 4.78 is 48.5. The van der Waals surface area contributed by atoms with Crippen LogP contribution in [0, 0.1) is 12.7 Å². The molecule has 0 unspecified atom stereocenters. The largest absolute Gasteiger partial charge is 0.466 e. The fraction of sp³-hybridized carbons (Fsp3) is 0.208. The van der Waals surface area contributed by atoms with E-state index in [2.05, 4.69) is 0 Å². The Bertz CT molecular complexity index is 1390. The molecule has 0 bridgehead atoms. The number of hydrogen-bond donors (Lipinski definition) is 0. The summed E-state index contributed by atoms with van der Waals surface area (Å²) in [5.41, 5.74) is 3.47. The molecule has 0 aliphatic carbocycles. The molecule has 166 valence electrons. The fourth-order valence-corrected chi connectivity index (χ4v) is 5.33. The van der Waals surface area contributed by atoms with Crippen molar-refractivity contribution in [2.75, 3.05) is 6.61 Å². The van der Waals surface area contributed by atoms with Crippen LogP contribution >= 0.6 is 0 Å².